The highest BCUT2D eigenvalue weighted by Crippen LogP contribution is 2.23. The lowest BCUT2D eigenvalue weighted by Gasteiger charge is -2.25. The van der Waals surface area contributed by atoms with E-state index in [2.05, 4.69) is 0 Å². The smallest absolute Gasteiger partial charge is 0.146 e. The zero-order valence-electron chi connectivity index (χ0n) is 9.96. The van der Waals surface area contributed by atoms with Crippen molar-refractivity contribution in [1.82, 2.24) is 0 Å². The lowest BCUT2D eigenvalue weighted by Crippen LogP contribution is -2.30. The standard InChI is InChI=1S/C13H17ClFNO/c1-10-9-16(5-2-6-17-10)13-4-3-11(8-14)7-12(13)15/h3-4,7,10H,2,5-6,8-9H2,1H3. The molecule has 1 aromatic rings. The second-order valence-electron chi connectivity index (χ2n) is 4.40. The Morgan fingerprint density at radius 3 is 3.06 bits per heavy atom. The van der Waals surface area contributed by atoms with Gasteiger partial charge in [-0.3, -0.25) is 0 Å². The van der Waals surface area contributed by atoms with Crippen molar-refractivity contribution in [1.29, 1.82) is 0 Å². The topological polar surface area (TPSA) is 12.5 Å². The van der Waals surface area contributed by atoms with Gasteiger partial charge in [-0.2, -0.15) is 0 Å². The first-order chi connectivity index (χ1) is 8.20. The van der Waals surface area contributed by atoms with Crippen LogP contribution in [0.1, 0.15) is 18.9 Å². The number of halogens is 2. The Bertz CT molecular complexity index is 386. The summed E-state index contributed by atoms with van der Waals surface area (Å²) >= 11 is 5.69. The lowest BCUT2D eigenvalue weighted by atomic mass is 10.2. The first kappa shape index (κ1) is 12.7. The molecule has 0 saturated carbocycles. The molecule has 2 rings (SSSR count). The van der Waals surface area contributed by atoms with Gasteiger partial charge in [0.05, 0.1) is 11.8 Å². The number of nitrogens with zero attached hydrogens (tertiary/aromatic N) is 1. The fourth-order valence-electron chi connectivity index (χ4n) is 2.10. The highest BCUT2D eigenvalue weighted by atomic mass is 35.5. The van der Waals surface area contributed by atoms with E-state index < -0.39 is 0 Å². The van der Waals surface area contributed by atoms with Gasteiger partial charge in [0.15, 0.2) is 0 Å². The van der Waals surface area contributed by atoms with Crippen LogP contribution in [0.25, 0.3) is 0 Å². The van der Waals surface area contributed by atoms with E-state index in [9.17, 15) is 4.39 Å². The number of rotatable bonds is 2. The van der Waals surface area contributed by atoms with Crippen LogP contribution in [0.4, 0.5) is 10.1 Å². The average Bonchev–Trinajstić information content (AvgIpc) is 2.53. The first-order valence-electron chi connectivity index (χ1n) is 5.91. The largest absolute Gasteiger partial charge is 0.377 e. The zero-order valence-corrected chi connectivity index (χ0v) is 10.7. The summed E-state index contributed by atoms with van der Waals surface area (Å²) in [5.41, 5.74) is 1.46. The Balaban J connectivity index is 2.20. The average molecular weight is 258 g/mol. The fourth-order valence-corrected chi connectivity index (χ4v) is 2.27. The summed E-state index contributed by atoms with van der Waals surface area (Å²) in [6.07, 6.45) is 1.07. The molecule has 1 saturated heterocycles. The summed E-state index contributed by atoms with van der Waals surface area (Å²) in [4.78, 5) is 2.05. The van der Waals surface area contributed by atoms with Crippen LogP contribution in [0.2, 0.25) is 0 Å². The van der Waals surface area contributed by atoms with E-state index >= 15 is 0 Å². The molecule has 0 aliphatic carbocycles. The third kappa shape index (κ3) is 3.11. The first-order valence-corrected chi connectivity index (χ1v) is 6.45. The Morgan fingerprint density at radius 2 is 2.35 bits per heavy atom. The van der Waals surface area contributed by atoms with Gasteiger partial charge in [0.25, 0.3) is 0 Å². The molecule has 0 N–H and O–H groups in total. The monoisotopic (exact) mass is 257 g/mol. The molecule has 4 heteroatoms. The van der Waals surface area contributed by atoms with Gasteiger partial charge in [-0.15, -0.1) is 11.6 Å². The van der Waals surface area contributed by atoms with Crippen molar-refractivity contribution in [3.8, 4) is 0 Å². The summed E-state index contributed by atoms with van der Waals surface area (Å²) in [5.74, 6) is 0.147. The van der Waals surface area contributed by atoms with Crippen LogP contribution in [-0.2, 0) is 10.6 Å². The second kappa shape index (κ2) is 5.69. The van der Waals surface area contributed by atoms with Crippen molar-refractivity contribution < 1.29 is 9.13 Å². The zero-order chi connectivity index (χ0) is 12.3. The lowest BCUT2D eigenvalue weighted by molar-refractivity contribution is 0.0820. The number of alkyl halides is 1. The summed E-state index contributed by atoms with van der Waals surface area (Å²) in [6, 6.07) is 5.20. The minimum atomic E-state index is -0.197. The summed E-state index contributed by atoms with van der Waals surface area (Å²) < 4.78 is 19.5. The Morgan fingerprint density at radius 1 is 1.53 bits per heavy atom. The van der Waals surface area contributed by atoms with Crippen LogP contribution in [0.5, 0.6) is 0 Å². The predicted octanol–water partition coefficient (Wildman–Crippen LogP) is 3.18. The van der Waals surface area contributed by atoms with E-state index in [-0.39, 0.29) is 11.9 Å². The molecule has 1 aliphatic heterocycles. The maximum atomic E-state index is 13.9. The van der Waals surface area contributed by atoms with E-state index in [0.29, 0.717) is 11.6 Å². The van der Waals surface area contributed by atoms with E-state index in [1.165, 1.54) is 6.07 Å². The molecular formula is C13H17ClFNO. The highest BCUT2D eigenvalue weighted by molar-refractivity contribution is 6.17. The molecule has 2 nitrogen and oxygen atoms in total. The number of hydrogen-bond donors (Lipinski definition) is 0. The van der Waals surface area contributed by atoms with Gasteiger partial charge in [0.1, 0.15) is 5.82 Å². The van der Waals surface area contributed by atoms with E-state index in [1.54, 1.807) is 0 Å². The molecule has 0 radical (unpaired) electrons. The normalized spacial score (nSPS) is 21.4. The van der Waals surface area contributed by atoms with Gasteiger partial charge in [-0.25, -0.2) is 4.39 Å². The number of hydrogen-bond acceptors (Lipinski definition) is 2. The maximum absolute atomic E-state index is 13.9. The van der Waals surface area contributed by atoms with Crippen LogP contribution < -0.4 is 4.90 Å². The molecule has 1 aromatic carbocycles. The van der Waals surface area contributed by atoms with Crippen molar-refractivity contribution in [2.24, 2.45) is 0 Å². The van der Waals surface area contributed by atoms with Gasteiger partial charge in [0, 0.05) is 25.6 Å². The van der Waals surface area contributed by atoms with Crippen LogP contribution in [0.15, 0.2) is 18.2 Å². The van der Waals surface area contributed by atoms with Crippen LogP contribution >= 0.6 is 11.6 Å². The van der Waals surface area contributed by atoms with E-state index in [1.807, 2.05) is 24.0 Å². The third-order valence-electron chi connectivity index (χ3n) is 2.96. The summed E-state index contributed by atoms with van der Waals surface area (Å²) in [7, 11) is 0. The summed E-state index contributed by atoms with van der Waals surface area (Å²) in [6.45, 7) is 4.33. The number of anilines is 1. The number of ether oxygens (including phenoxy) is 1. The molecule has 0 aromatic heterocycles. The molecule has 1 heterocycles. The molecule has 0 spiro atoms. The van der Waals surface area contributed by atoms with Crippen molar-refractivity contribution >= 4 is 17.3 Å². The van der Waals surface area contributed by atoms with Crippen LogP contribution in [0, 0.1) is 5.82 Å². The molecule has 1 atom stereocenters. The SMILES string of the molecule is CC1CN(c2ccc(CCl)cc2F)CCCO1. The second-order valence-corrected chi connectivity index (χ2v) is 4.67. The van der Waals surface area contributed by atoms with Crippen molar-refractivity contribution in [2.45, 2.75) is 25.3 Å². The van der Waals surface area contributed by atoms with Crippen molar-refractivity contribution in [2.75, 3.05) is 24.6 Å². The minimum Gasteiger partial charge on any atom is -0.377 e. The third-order valence-corrected chi connectivity index (χ3v) is 3.27. The van der Waals surface area contributed by atoms with Gasteiger partial charge in [-0.05, 0) is 31.0 Å². The molecule has 94 valence electrons. The Labute approximate surface area is 106 Å². The molecule has 1 fully saturated rings. The fraction of sp³-hybridized carbons (Fsp3) is 0.538. The number of benzene rings is 1. The summed E-state index contributed by atoms with van der Waals surface area (Å²) in [5, 5.41) is 0. The molecule has 1 aliphatic rings. The highest BCUT2D eigenvalue weighted by Gasteiger charge is 2.18. The van der Waals surface area contributed by atoms with Gasteiger partial charge in [-0.1, -0.05) is 6.07 Å². The molecule has 0 amide bonds. The quantitative estimate of drug-likeness (QED) is 0.755. The molecule has 0 bridgehead atoms. The molecule has 17 heavy (non-hydrogen) atoms. The van der Waals surface area contributed by atoms with Crippen LogP contribution in [-0.4, -0.2) is 25.8 Å². The van der Waals surface area contributed by atoms with Gasteiger partial charge in [0.2, 0.25) is 0 Å². The minimum absolute atomic E-state index is 0.143. The maximum Gasteiger partial charge on any atom is 0.146 e. The van der Waals surface area contributed by atoms with Crippen molar-refractivity contribution in [3.05, 3.63) is 29.6 Å². The molecular weight excluding hydrogens is 241 g/mol. The predicted molar refractivity (Wildman–Crippen MR) is 68.2 cm³/mol. The Kier molecular flexibility index (Phi) is 4.24. The van der Waals surface area contributed by atoms with Crippen molar-refractivity contribution in [3.63, 3.8) is 0 Å². The van der Waals surface area contributed by atoms with E-state index in [0.717, 1.165) is 31.7 Å². The van der Waals surface area contributed by atoms with E-state index in [4.69, 9.17) is 16.3 Å². The van der Waals surface area contributed by atoms with Gasteiger partial charge < -0.3 is 9.64 Å². The molecule has 1 unspecified atom stereocenters. The van der Waals surface area contributed by atoms with Gasteiger partial charge >= 0.3 is 0 Å². The van der Waals surface area contributed by atoms with Crippen LogP contribution in [0.3, 0.4) is 0 Å². The Hall–Kier alpha value is -0.800.